The number of nitrogens with two attached hydrogens (primary N) is 1. The van der Waals surface area contributed by atoms with Crippen LogP contribution in [-0.2, 0) is 17.8 Å². The highest BCUT2D eigenvalue weighted by molar-refractivity contribution is 5.59. The van der Waals surface area contributed by atoms with Gasteiger partial charge in [-0.1, -0.05) is 6.07 Å². The standard InChI is InChI=1S/C14H21FN2O2/c1-18-14-12-4-2-3-11(17-7-8-19-15)9-10(12)5-6-13(14)16/h5-6,11,17H,2-4,7-9,16H2,1H3. The number of methoxy groups -OCH3 is 1. The van der Waals surface area contributed by atoms with Crippen LogP contribution in [0.4, 0.5) is 10.2 Å². The summed E-state index contributed by atoms with van der Waals surface area (Å²) in [4.78, 5) is 3.59. The number of benzene rings is 1. The molecule has 0 aliphatic heterocycles. The number of hydrogen-bond donors (Lipinski definition) is 2. The summed E-state index contributed by atoms with van der Waals surface area (Å²) >= 11 is 0. The summed E-state index contributed by atoms with van der Waals surface area (Å²) in [6, 6.07) is 4.31. The van der Waals surface area contributed by atoms with Gasteiger partial charge >= 0.3 is 0 Å². The number of nitrogen functional groups attached to an aromatic ring is 1. The van der Waals surface area contributed by atoms with Crippen LogP contribution >= 0.6 is 0 Å². The van der Waals surface area contributed by atoms with Gasteiger partial charge in [-0.25, -0.2) is 0 Å². The molecule has 3 N–H and O–H groups in total. The molecule has 0 bridgehead atoms. The van der Waals surface area contributed by atoms with Crippen LogP contribution in [0.1, 0.15) is 24.0 Å². The Hall–Kier alpha value is -1.33. The molecule has 1 aromatic rings. The summed E-state index contributed by atoms with van der Waals surface area (Å²) in [6.45, 7) is 0.622. The number of anilines is 1. The number of hydrogen-bond acceptors (Lipinski definition) is 4. The minimum absolute atomic E-state index is 0.0917. The molecule has 2 rings (SSSR count). The van der Waals surface area contributed by atoms with Crippen molar-refractivity contribution in [1.82, 2.24) is 5.32 Å². The van der Waals surface area contributed by atoms with E-state index in [2.05, 4.69) is 16.3 Å². The molecule has 4 nitrogen and oxygen atoms in total. The lowest BCUT2D eigenvalue weighted by Gasteiger charge is -2.17. The molecule has 1 aliphatic carbocycles. The van der Waals surface area contributed by atoms with Crippen molar-refractivity contribution in [2.45, 2.75) is 31.7 Å². The van der Waals surface area contributed by atoms with Gasteiger partial charge in [-0.05, 0) is 47.4 Å². The van der Waals surface area contributed by atoms with E-state index in [1.54, 1.807) is 7.11 Å². The van der Waals surface area contributed by atoms with Crippen molar-refractivity contribution < 1.29 is 14.2 Å². The van der Waals surface area contributed by atoms with E-state index in [1.165, 1.54) is 11.1 Å². The van der Waals surface area contributed by atoms with Crippen LogP contribution in [-0.4, -0.2) is 26.3 Å². The second-order valence-electron chi connectivity index (χ2n) is 4.89. The average molecular weight is 268 g/mol. The van der Waals surface area contributed by atoms with Gasteiger partial charge in [0.05, 0.1) is 12.8 Å². The van der Waals surface area contributed by atoms with Crippen LogP contribution in [0.3, 0.4) is 0 Å². The van der Waals surface area contributed by atoms with E-state index in [9.17, 15) is 4.53 Å². The average Bonchev–Trinajstić information content (AvgIpc) is 2.61. The first-order chi connectivity index (χ1) is 9.26. The van der Waals surface area contributed by atoms with Crippen LogP contribution in [0, 0.1) is 0 Å². The predicted molar refractivity (Wildman–Crippen MR) is 72.9 cm³/mol. The Labute approximate surface area is 113 Å². The van der Waals surface area contributed by atoms with Gasteiger partial charge in [0.15, 0.2) is 0 Å². The van der Waals surface area contributed by atoms with Crippen LogP contribution in [0.25, 0.3) is 0 Å². The number of halogens is 1. The molecular weight excluding hydrogens is 247 g/mol. The van der Waals surface area contributed by atoms with E-state index in [4.69, 9.17) is 10.5 Å². The highest BCUT2D eigenvalue weighted by Crippen LogP contribution is 2.33. The lowest BCUT2D eigenvalue weighted by atomic mass is 10.00. The molecule has 0 heterocycles. The Balaban J connectivity index is 2.12. The van der Waals surface area contributed by atoms with E-state index < -0.39 is 0 Å². The molecule has 5 heteroatoms. The Bertz CT molecular complexity index is 426. The molecule has 0 amide bonds. The molecule has 0 saturated carbocycles. The third-order valence-corrected chi connectivity index (χ3v) is 3.65. The maximum absolute atomic E-state index is 11.6. The maximum Gasteiger partial charge on any atom is 0.145 e. The first kappa shape index (κ1) is 14.1. The summed E-state index contributed by atoms with van der Waals surface area (Å²) in [5.41, 5.74) is 9.12. The minimum Gasteiger partial charge on any atom is -0.494 e. The summed E-state index contributed by atoms with van der Waals surface area (Å²) in [5.74, 6) is 0.810. The molecule has 1 aromatic carbocycles. The lowest BCUT2D eigenvalue weighted by Crippen LogP contribution is -2.33. The summed E-state index contributed by atoms with van der Waals surface area (Å²) in [6.07, 6.45) is 4.02. The topological polar surface area (TPSA) is 56.5 Å². The van der Waals surface area contributed by atoms with Crippen LogP contribution in [0.5, 0.6) is 5.75 Å². The summed E-state index contributed by atoms with van der Waals surface area (Å²) in [7, 11) is 1.66. The third kappa shape index (κ3) is 3.36. The molecule has 1 unspecified atom stereocenters. The molecule has 106 valence electrons. The van der Waals surface area contributed by atoms with Crippen molar-refractivity contribution in [3.8, 4) is 5.75 Å². The first-order valence-corrected chi connectivity index (χ1v) is 6.67. The first-order valence-electron chi connectivity index (χ1n) is 6.67. The van der Waals surface area contributed by atoms with E-state index >= 15 is 0 Å². The zero-order valence-corrected chi connectivity index (χ0v) is 11.2. The van der Waals surface area contributed by atoms with Crippen LogP contribution < -0.4 is 15.8 Å². The summed E-state index contributed by atoms with van der Waals surface area (Å²) < 4.78 is 17.1. The smallest absolute Gasteiger partial charge is 0.145 e. The van der Waals surface area contributed by atoms with Gasteiger partial charge in [-0.2, -0.15) is 4.94 Å². The monoisotopic (exact) mass is 268 g/mol. The SMILES string of the molecule is COc1c(N)ccc2c1CCCC(NCCOF)C2. The second-order valence-corrected chi connectivity index (χ2v) is 4.89. The lowest BCUT2D eigenvalue weighted by molar-refractivity contribution is -0.130. The molecule has 1 aliphatic rings. The number of ether oxygens (including phenoxy) is 1. The highest BCUT2D eigenvalue weighted by atomic mass is 19.3. The highest BCUT2D eigenvalue weighted by Gasteiger charge is 2.20. The van der Waals surface area contributed by atoms with Crippen molar-refractivity contribution in [2.75, 3.05) is 26.0 Å². The fourth-order valence-corrected chi connectivity index (χ4v) is 2.76. The van der Waals surface area contributed by atoms with Crippen molar-refractivity contribution in [3.05, 3.63) is 23.3 Å². The molecule has 0 radical (unpaired) electrons. The van der Waals surface area contributed by atoms with Crippen molar-refractivity contribution in [1.29, 1.82) is 0 Å². The normalized spacial score (nSPS) is 18.7. The van der Waals surface area contributed by atoms with E-state index in [0.29, 0.717) is 18.3 Å². The van der Waals surface area contributed by atoms with E-state index in [0.717, 1.165) is 31.4 Å². The minimum atomic E-state index is 0.0917. The van der Waals surface area contributed by atoms with Gasteiger partial charge in [-0.3, -0.25) is 0 Å². The van der Waals surface area contributed by atoms with Gasteiger partial charge in [0.2, 0.25) is 0 Å². The largest absolute Gasteiger partial charge is 0.494 e. The van der Waals surface area contributed by atoms with Gasteiger partial charge in [0.25, 0.3) is 0 Å². The molecule has 0 aromatic heterocycles. The third-order valence-electron chi connectivity index (χ3n) is 3.65. The number of fused-ring (bicyclic) bond motifs is 1. The number of rotatable bonds is 5. The number of nitrogens with one attached hydrogen (secondary N) is 1. The van der Waals surface area contributed by atoms with Crippen LogP contribution in [0.2, 0.25) is 0 Å². The van der Waals surface area contributed by atoms with Gasteiger partial charge in [0.1, 0.15) is 12.4 Å². The van der Waals surface area contributed by atoms with E-state index in [-0.39, 0.29) is 6.61 Å². The Kier molecular flexibility index (Phi) is 4.99. The molecule has 0 fully saturated rings. The molecule has 1 atom stereocenters. The molecule has 0 spiro atoms. The van der Waals surface area contributed by atoms with Crippen LogP contribution in [0.15, 0.2) is 12.1 Å². The predicted octanol–water partition coefficient (Wildman–Crippen LogP) is 2.02. The van der Waals surface area contributed by atoms with Crippen molar-refractivity contribution >= 4 is 5.69 Å². The zero-order chi connectivity index (χ0) is 13.7. The second kappa shape index (κ2) is 6.73. The molecule has 0 saturated heterocycles. The Morgan fingerprint density at radius 2 is 2.32 bits per heavy atom. The van der Waals surface area contributed by atoms with Crippen molar-refractivity contribution in [3.63, 3.8) is 0 Å². The quantitative estimate of drug-likeness (QED) is 0.487. The molecular formula is C14H21FN2O2. The van der Waals surface area contributed by atoms with Gasteiger partial charge in [0, 0.05) is 12.6 Å². The fourth-order valence-electron chi connectivity index (χ4n) is 2.76. The van der Waals surface area contributed by atoms with Gasteiger partial charge < -0.3 is 15.8 Å². The zero-order valence-electron chi connectivity index (χ0n) is 11.2. The maximum atomic E-state index is 11.6. The fraction of sp³-hybridized carbons (Fsp3) is 0.571. The summed E-state index contributed by atoms with van der Waals surface area (Å²) in [5, 5.41) is 3.32. The Morgan fingerprint density at radius 3 is 3.05 bits per heavy atom. The van der Waals surface area contributed by atoms with Crippen molar-refractivity contribution in [2.24, 2.45) is 0 Å². The Morgan fingerprint density at radius 1 is 1.47 bits per heavy atom. The van der Waals surface area contributed by atoms with E-state index in [1.807, 2.05) is 6.07 Å². The molecule has 19 heavy (non-hydrogen) atoms. The van der Waals surface area contributed by atoms with Gasteiger partial charge in [-0.15, -0.1) is 0 Å².